The molecule has 0 bridgehead atoms. The highest BCUT2D eigenvalue weighted by molar-refractivity contribution is 7.72. The molecule has 0 aromatic carbocycles. The van der Waals surface area contributed by atoms with Crippen LogP contribution in [0.4, 0.5) is 0 Å². The summed E-state index contributed by atoms with van der Waals surface area (Å²) < 4.78 is 6.82. The number of nitrogens with one attached hydrogen (secondary N) is 2. The van der Waals surface area contributed by atoms with E-state index in [4.69, 9.17) is 4.74 Å². The molecule has 27 heavy (non-hydrogen) atoms. The zero-order valence-corrected chi connectivity index (χ0v) is 16.7. The molecule has 1 saturated heterocycles. The number of ether oxygens (including phenoxy) is 1. The maximum absolute atomic E-state index is 12.2. The van der Waals surface area contributed by atoms with Gasteiger partial charge in [-0.1, -0.05) is 0 Å². The first-order chi connectivity index (χ1) is 12.5. The van der Waals surface area contributed by atoms with Crippen molar-refractivity contribution in [1.82, 2.24) is 14.9 Å². The van der Waals surface area contributed by atoms with Crippen molar-refractivity contribution in [2.75, 3.05) is 26.0 Å². The Bertz CT molecular complexity index is 842. The first-order valence-electron chi connectivity index (χ1n) is 8.73. The van der Waals surface area contributed by atoms with Crippen LogP contribution < -0.4 is 16.6 Å². The van der Waals surface area contributed by atoms with E-state index in [1.54, 1.807) is 0 Å². The molecule has 9 nitrogen and oxygen atoms in total. The van der Waals surface area contributed by atoms with Crippen molar-refractivity contribution >= 4 is 19.0 Å². The number of carbonyl (C=O) groups excluding carboxylic acids is 1. The highest BCUT2D eigenvalue weighted by Gasteiger charge is 2.44. The van der Waals surface area contributed by atoms with Crippen LogP contribution in [-0.4, -0.2) is 76.2 Å². The molecule has 0 amide bonds. The number of aromatic nitrogens is 2. The lowest BCUT2D eigenvalue weighted by Gasteiger charge is -2.19. The zero-order chi connectivity index (χ0) is 20.4. The Balaban J connectivity index is 2.21. The van der Waals surface area contributed by atoms with Gasteiger partial charge in [0.1, 0.15) is 18.0 Å². The van der Waals surface area contributed by atoms with Gasteiger partial charge in [-0.3, -0.25) is 19.1 Å². The fourth-order valence-corrected chi connectivity index (χ4v) is 3.84. The van der Waals surface area contributed by atoms with Gasteiger partial charge in [0, 0.05) is 18.3 Å². The lowest BCUT2D eigenvalue weighted by atomic mass is 10.1. The van der Waals surface area contributed by atoms with Crippen LogP contribution in [0.25, 0.3) is 0 Å². The average molecular weight is 401 g/mol. The van der Waals surface area contributed by atoms with Crippen molar-refractivity contribution in [1.29, 1.82) is 0 Å². The lowest BCUT2D eigenvalue weighted by Crippen LogP contribution is -2.39. The molecule has 152 valence electrons. The van der Waals surface area contributed by atoms with E-state index < -0.39 is 42.7 Å². The van der Waals surface area contributed by atoms with Gasteiger partial charge < -0.3 is 20.3 Å². The smallest absolute Gasteiger partial charge is 0.330 e. The Hall–Kier alpha value is -1.51. The number of H-pyrrole nitrogens is 1. The molecule has 10 heteroatoms. The van der Waals surface area contributed by atoms with Crippen LogP contribution in [0.15, 0.2) is 15.8 Å². The summed E-state index contributed by atoms with van der Waals surface area (Å²) in [5, 5.41) is 23.4. The van der Waals surface area contributed by atoms with Gasteiger partial charge in [-0.25, -0.2) is 4.79 Å². The summed E-state index contributed by atoms with van der Waals surface area (Å²) in [7, 11) is 0. The summed E-state index contributed by atoms with van der Waals surface area (Å²) in [6, 6.07) is 0. The van der Waals surface area contributed by atoms with Gasteiger partial charge in [0.25, 0.3) is 5.56 Å². The highest BCUT2D eigenvalue weighted by Crippen LogP contribution is 2.39. The Labute approximate surface area is 157 Å². The molecule has 1 aliphatic rings. The largest absolute Gasteiger partial charge is 0.388 e. The summed E-state index contributed by atoms with van der Waals surface area (Å²) in [6.07, 6.45) is 2.52. The minimum atomic E-state index is -1.33. The van der Waals surface area contributed by atoms with Crippen molar-refractivity contribution in [2.45, 2.75) is 44.4 Å². The topological polar surface area (TPSA) is 134 Å². The predicted molar refractivity (Wildman–Crippen MR) is 105 cm³/mol. The molecule has 1 aromatic heterocycles. The molecule has 1 fully saturated rings. The molecule has 4 N–H and O–H groups in total. The number of nitrogens with zero attached hydrogens (tertiary/aromatic N) is 1. The minimum absolute atomic E-state index is 0.0736. The SMILES string of the molecule is C=P(C)(C)CC[C@H]1O[C@@H](n2cc(CNCC(C)=O)c(=O)[nH]c2=O)C(O)[C@@H]1O. The molecule has 0 radical (unpaired) electrons. The van der Waals surface area contributed by atoms with Crippen LogP contribution in [0.2, 0.25) is 0 Å². The second-order valence-electron chi connectivity index (χ2n) is 7.62. The van der Waals surface area contributed by atoms with Crippen molar-refractivity contribution in [3.63, 3.8) is 0 Å². The second kappa shape index (κ2) is 8.67. The van der Waals surface area contributed by atoms with Crippen LogP contribution >= 0.6 is 6.89 Å². The number of hydrogen-bond donors (Lipinski definition) is 4. The Morgan fingerprint density at radius 2 is 2.04 bits per heavy atom. The van der Waals surface area contributed by atoms with E-state index in [0.29, 0.717) is 6.42 Å². The minimum Gasteiger partial charge on any atom is -0.388 e. The number of aromatic amines is 1. The first kappa shape index (κ1) is 21.8. The lowest BCUT2D eigenvalue weighted by molar-refractivity contribution is -0.116. The van der Waals surface area contributed by atoms with Gasteiger partial charge in [0.15, 0.2) is 6.23 Å². The molecular weight excluding hydrogens is 373 g/mol. The number of Topliss-reactive ketones (excluding diaryl/α,β-unsaturated/α-hetero) is 1. The van der Waals surface area contributed by atoms with E-state index >= 15 is 0 Å². The van der Waals surface area contributed by atoms with Gasteiger partial charge >= 0.3 is 5.69 Å². The monoisotopic (exact) mass is 401 g/mol. The number of hydrogen-bond acceptors (Lipinski definition) is 7. The Morgan fingerprint density at radius 1 is 1.37 bits per heavy atom. The molecule has 1 unspecified atom stereocenters. The maximum Gasteiger partial charge on any atom is 0.330 e. The molecule has 2 rings (SSSR count). The van der Waals surface area contributed by atoms with Gasteiger partial charge in [0.2, 0.25) is 0 Å². The first-order valence-corrected chi connectivity index (χ1v) is 11.8. The third-order valence-corrected chi connectivity index (χ3v) is 5.83. The summed E-state index contributed by atoms with van der Waals surface area (Å²) in [6.45, 7) is 4.38. The average Bonchev–Trinajstić information content (AvgIpc) is 2.82. The summed E-state index contributed by atoms with van der Waals surface area (Å²) >= 11 is 0. The molecule has 0 saturated carbocycles. The quantitative estimate of drug-likeness (QED) is 0.408. The van der Waals surface area contributed by atoms with E-state index in [1.807, 2.05) is 0 Å². The van der Waals surface area contributed by atoms with Crippen molar-refractivity contribution in [3.05, 3.63) is 32.6 Å². The third-order valence-electron chi connectivity index (χ3n) is 4.36. The van der Waals surface area contributed by atoms with E-state index in [-0.39, 0.29) is 24.4 Å². The van der Waals surface area contributed by atoms with E-state index in [2.05, 4.69) is 29.9 Å². The number of carbonyl (C=O) groups is 1. The number of aliphatic hydroxyl groups excluding tert-OH is 2. The normalized spacial score (nSPS) is 25.7. The molecule has 0 aliphatic carbocycles. The van der Waals surface area contributed by atoms with Gasteiger partial charge in [-0.15, -0.1) is 13.2 Å². The highest BCUT2D eigenvalue weighted by atomic mass is 31.2. The summed E-state index contributed by atoms with van der Waals surface area (Å²) in [5.41, 5.74) is -1.10. The molecule has 1 aliphatic heterocycles. The van der Waals surface area contributed by atoms with Crippen LogP contribution in [0.5, 0.6) is 0 Å². The molecule has 4 atom stereocenters. The van der Waals surface area contributed by atoms with Gasteiger partial charge in [0.05, 0.1) is 12.6 Å². The molecule has 0 spiro atoms. The standard InChI is InChI=1S/C17H28N3O6P/c1-10(21)7-18-8-11-9-20(17(25)19-15(11)24)16-14(23)13(22)12(26-16)5-6-27(2,3)4/h9,12-14,16,18,22-23H,2,5-8H2,1,3-4H3,(H,19,24,25)/t12-,13-,14?,16-/m1/s1. The number of aliphatic hydroxyl groups is 2. The van der Waals surface area contributed by atoms with Crippen LogP contribution in [0.1, 0.15) is 25.1 Å². The van der Waals surface area contributed by atoms with Crippen molar-refractivity contribution in [2.24, 2.45) is 0 Å². The van der Waals surface area contributed by atoms with Gasteiger partial charge in [-0.05, 0) is 32.8 Å². The third kappa shape index (κ3) is 5.73. The second-order valence-corrected chi connectivity index (χ2v) is 11.9. The summed E-state index contributed by atoms with van der Waals surface area (Å²) in [4.78, 5) is 37.3. The van der Waals surface area contributed by atoms with Crippen LogP contribution in [0.3, 0.4) is 0 Å². The fraction of sp³-hybridized carbons (Fsp3) is 0.647. The fourth-order valence-electron chi connectivity index (χ4n) is 2.89. The predicted octanol–water partition coefficient (Wildman–Crippen LogP) is -1.07. The summed E-state index contributed by atoms with van der Waals surface area (Å²) in [5.74, 6) is -0.0866. The molecular formula is C17H28N3O6P. The van der Waals surface area contributed by atoms with Crippen LogP contribution in [0, 0.1) is 0 Å². The molecule has 1 aromatic rings. The van der Waals surface area contributed by atoms with Crippen molar-refractivity contribution in [3.8, 4) is 0 Å². The zero-order valence-electron chi connectivity index (χ0n) is 15.8. The van der Waals surface area contributed by atoms with E-state index in [1.165, 1.54) is 13.1 Å². The van der Waals surface area contributed by atoms with E-state index in [9.17, 15) is 24.6 Å². The van der Waals surface area contributed by atoms with E-state index in [0.717, 1.165) is 10.7 Å². The maximum atomic E-state index is 12.2. The molecule has 2 heterocycles. The van der Waals surface area contributed by atoms with Crippen LogP contribution in [-0.2, 0) is 16.1 Å². The van der Waals surface area contributed by atoms with Crippen molar-refractivity contribution < 1.29 is 19.7 Å². The Kier molecular flexibility index (Phi) is 6.99. The van der Waals surface area contributed by atoms with Gasteiger partial charge in [-0.2, -0.15) is 0 Å². The number of ketones is 1. The number of rotatable bonds is 8. The Morgan fingerprint density at radius 3 is 2.63 bits per heavy atom.